The van der Waals surface area contributed by atoms with Crippen LogP contribution in [0.4, 0.5) is 11.4 Å². The SMILES string of the molecule is CC1(C)CCCCN1SCc1cccc(NC(=O)CCON/C(=C\NN)CNc2cccc3c2C(=O)N(C2CCC(=O)NC2=O)C3=O)c1. The second-order valence-electron chi connectivity index (χ2n) is 12.5. The van der Waals surface area contributed by atoms with E-state index >= 15 is 0 Å². The van der Waals surface area contributed by atoms with Gasteiger partial charge in [-0.05, 0) is 62.9 Å². The smallest absolute Gasteiger partial charge is 0.264 e. The van der Waals surface area contributed by atoms with Gasteiger partial charge in [-0.3, -0.25) is 50.3 Å². The molecule has 0 saturated carbocycles. The number of carbonyl (C=O) groups is 5. The number of rotatable bonds is 14. The fraction of sp³-hybridized carbons (Fsp3) is 0.424. The quantitative estimate of drug-likeness (QED) is 0.0565. The van der Waals surface area contributed by atoms with Crippen molar-refractivity contribution in [3.63, 3.8) is 0 Å². The molecule has 0 spiro atoms. The predicted molar refractivity (Wildman–Crippen MR) is 182 cm³/mol. The molecule has 3 heterocycles. The molecule has 2 fully saturated rings. The summed E-state index contributed by atoms with van der Waals surface area (Å²) in [5, 5.41) is 8.22. The lowest BCUT2D eigenvalue weighted by Crippen LogP contribution is -2.54. The van der Waals surface area contributed by atoms with Crippen LogP contribution in [0.3, 0.4) is 0 Å². The van der Waals surface area contributed by atoms with E-state index < -0.39 is 29.7 Å². The van der Waals surface area contributed by atoms with Crippen LogP contribution in [-0.2, 0) is 25.0 Å². The summed E-state index contributed by atoms with van der Waals surface area (Å²) < 4.78 is 2.47. The Morgan fingerprint density at radius 1 is 1.12 bits per heavy atom. The molecule has 7 N–H and O–H groups in total. The molecule has 2 saturated heterocycles. The van der Waals surface area contributed by atoms with Crippen LogP contribution < -0.4 is 32.7 Å². The fourth-order valence-electron chi connectivity index (χ4n) is 5.95. The van der Waals surface area contributed by atoms with Crippen LogP contribution >= 0.6 is 11.9 Å². The summed E-state index contributed by atoms with van der Waals surface area (Å²) >= 11 is 1.83. The standard InChI is InChI=1S/C33H42N8O6S/c1-33(2)14-3-4-15-40(33)48-20-21-7-5-8-22(17-21)37-28(43)13-16-47-39-23(19-36-34)18-35-25-10-6-9-24-29(25)32(46)41(31(24)45)26-11-12-27(42)38-30(26)44/h5-10,17,19,26,35-36,39H,3-4,11-16,18,20,34H2,1-2H3,(H,37,43)(H,38,42,44)/b23-19-. The zero-order chi connectivity index (χ0) is 34.3. The van der Waals surface area contributed by atoms with Gasteiger partial charge in [0.2, 0.25) is 17.7 Å². The van der Waals surface area contributed by atoms with Crippen LogP contribution in [0, 0.1) is 0 Å². The van der Waals surface area contributed by atoms with Crippen molar-refractivity contribution in [3.05, 3.63) is 71.1 Å². The number of anilines is 2. The van der Waals surface area contributed by atoms with Gasteiger partial charge in [0, 0.05) is 41.8 Å². The number of nitrogens with one attached hydrogen (secondary N) is 5. The highest BCUT2D eigenvalue weighted by Crippen LogP contribution is 2.35. The molecule has 2 aromatic carbocycles. The number of carbonyl (C=O) groups excluding carboxylic acids is 5. The van der Waals surface area contributed by atoms with Gasteiger partial charge < -0.3 is 16.1 Å². The Balaban J connectivity index is 1.09. The molecular weight excluding hydrogens is 636 g/mol. The van der Waals surface area contributed by atoms with E-state index in [4.69, 9.17) is 10.7 Å². The van der Waals surface area contributed by atoms with E-state index in [1.165, 1.54) is 31.5 Å². The van der Waals surface area contributed by atoms with Crippen LogP contribution in [-0.4, -0.2) is 70.0 Å². The molecule has 0 radical (unpaired) electrons. The van der Waals surface area contributed by atoms with E-state index in [1.54, 1.807) is 12.1 Å². The summed E-state index contributed by atoms with van der Waals surface area (Å²) in [5.41, 5.74) is 8.30. The summed E-state index contributed by atoms with van der Waals surface area (Å²) in [6.45, 7) is 5.81. The van der Waals surface area contributed by atoms with E-state index in [-0.39, 0.29) is 55.0 Å². The summed E-state index contributed by atoms with van der Waals surface area (Å²) in [6, 6.07) is 11.6. The highest BCUT2D eigenvalue weighted by molar-refractivity contribution is 7.96. The van der Waals surface area contributed by atoms with E-state index in [9.17, 15) is 24.0 Å². The van der Waals surface area contributed by atoms with Crippen LogP contribution in [0.1, 0.15) is 78.7 Å². The number of hydrogen-bond donors (Lipinski definition) is 6. The van der Waals surface area contributed by atoms with Gasteiger partial charge in [-0.2, -0.15) is 0 Å². The van der Waals surface area contributed by atoms with Crippen molar-refractivity contribution in [1.29, 1.82) is 0 Å². The monoisotopic (exact) mass is 678 g/mol. The maximum absolute atomic E-state index is 13.3. The first-order valence-electron chi connectivity index (χ1n) is 16.0. The Morgan fingerprint density at radius 2 is 1.94 bits per heavy atom. The minimum Gasteiger partial charge on any atom is -0.379 e. The van der Waals surface area contributed by atoms with Crippen molar-refractivity contribution in [3.8, 4) is 0 Å². The van der Waals surface area contributed by atoms with Crippen molar-refractivity contribution in [1.82, 2.24) is 25.4 Å². The molecule has 2 aromatic rings. The van der Waals surface area contributed by atoms with Crippen molar-refractivity contribution in [2.75, 3.05) is 30.3 Å². The van der Waals surface area contributed by atoms with Gasteiger partial charge >= 0.3 is 0 Å². The highest BCUT2D eigenvalue weighted by Gasteiger charge is 2.45. The maximum Gasteiger partial charge on any atom is 0.264 e. The minimum absolute atomic E-state index is 0.0343. The minimum atomic E-state index is -1.06. The molecule has 15 heteroatoms. The Morgan fingerprint density at radius 3 is 2.71 bits per heavy atom. The lowest BCUT2D eigenvalue weighted by atomic mass is 9.93. The first-order valence-corrected chi connectivity index (χ1v) is 16.9. The number of hydrazine groups is 1. The number of benzene rings is 2. The first-order chi connectivity index (χ1) is 23.1. The van der Waals surface area contributed by atoms with Gasteiger partial charge in [0.25, 0.3) is 11.8 Å². The van der Waals surface area contributed by atoms with Crippen molar-refractivity contribution < 1.29 is 28.8 Å². The van der Waals surface area contributed by atoms with Crippen LogP contribution in [0.5, 0.6) is 0 Å². The molecule has 256 valence electrons. The molecule has 3 aliphatic heterocycles. The van der Waals surface area contributed by atoms with Gasteiger partial charge in [0.15, 0.2) is 0 Å². The number of hydroxylamine groups is 1. The zero-order valence-corrected chi connectivity index (χ0v) is 27.9. The van der Waals surface area contributed by atoms with Crippen molar-refractivity contribution >= 4 is 52.9 Å². The molecule has 5 amide bonds. The van der Waals surface area contributed by atoms with E-state index in [0.29, 0.717) is 11.4 Å². The third-order valence-electron chi connectivity index (χ3n) is 8.50. The fourth-order valence-corrected chi connectivity index (χ4v) is 7.14. The summed E-state index contributed by atoms with van der Waals surface area (Å²) in [7, 11) is 0. The Kier molecular flexibility index (Phi) is 11.4. The van der Waals surface area contributed by atoms with E-state index in [0.717, 1.165) is 28.4 Å². The molecule has 0 aromatic heterocycles. The van der Waals surface area contributed by atoms with E-state index in [1.807, 2.05) is 30.1 Å². The van der Waals surface area contributed by atoms with Crippen LogP contribution in [0.15, 0.2) is 54.4 Å². The van der Waals surface area contributed by atoms with Crippen molar-refractivity contribution in [2.45, 2.75) is 69.7 Å². The average Bonchev–Trinajstić information content (AvgIpc) is 3.30. The van der Waals surface area contributed by atoms with Gasteiger partial charge in [-0.1, -0.05) is 36.6 Å². The molecule has 0 aliphatic carbocycles. The molecule has 48 heavy (non-hydrogen) atoms. The maximum atomic E-state index is 13.3. The second kappa shape index (κ2) is 15.6. The van der Waals surface area contributed by atoms with Gasteiger partial charge in [-0.25, -0.2) is 4.31 Å². The Labute approximate surface area is 283 Å². The Bertz CT molecular complexity index is 1600. The molecule has 0 bridgehead atoms. The molecule has 3 aliphatic rings. The molecule has 1 atom stereocenters. The molecule has 5 rings (SSSR count). The van der Waals surface area contributed by atoms with Gasteiger partial charge in [0.05, 0.1) is 36.4 Å². The molecule has 1 unspecified atom stereocenters. The summed E-state index contributed by atoms with van der Waals surface area (Å²) in [5.74, 6) is 3.78. The Hall–Kier alpha value is -4.44. The summed E-state index contributed by atoms with van der Waals surface area (Å²) in [4.78, 5) is 69.5. The third kappa shape index (κ3) is 8.34. The third-order valence-corrected chi connectivity index (χ3v) is 9.95. The molecule has 14 nitrogen and oxygen atoms in total. The largest absolute Gasteiger partial charge is 0.379 e. The number of nitrogens with zero attached hydrogens (tertiary/aromatic N) is 2. The van der Waals surface area contributed by atoms with Gasteiger partial charge in [-0.15, -0.1) is 0 Å². The van der Waals surface area contributed by atoms with Crippen molar-refractivity contribution in [2.24, 2.45) is 5.84 Å². The lowest BCUT2D eigenvalue weighted by Gasteiger charge is -2.41. The number of amides is 5. The number of nitrogens with two attached hydrogens (primary N) is 1. The summed E-state index contributed by atoms with van der Waals surface area (Å²) in [6.07, 6.45) is 5.29. The van der Waals surface area contributed by atoms with Crippen LogP contribution in [0.25, 0.3) is 0 Å². The molecular formula is C33H42N8O6S. The number of imide groups is 2. The number of hydrogen-bond acceptors (Lipinski definition) is 12. The van der Waals surface area contributed by atoms with E-state index in [2.05, 4.69) is 51.1 Å². The topological polar surface area (TPSA) is 187 Å². The number of piperidine rings is 2. The predicted octanol–water partition coefficient (Wildman–Crippen LogP) is 2.77. The zero-order valence-electron chi connectivity index (χ0n) is 27.1. The lowest BCUT2D eigenvalue weighted by molar-refractivity contribution is -0.136. The van der Waals surface area contributed by atoms with Crippen LogP contribution in [0.2, 0.25) is 0 Å². The second-order valence-corrected chi connectivity index (χ2v) is 13.4. The van der Waals surface area contributed by atoms with Gasteiger partial charge in [0.1, 0.15) is 6.04 Å². The highest BCUT2D eigenvalue weighted by atomic mass is 32.2. The number of fused-ring (bicyclic) bond motifs is 1. The average molecular weight is 679 g/mol. The normalized spacial score (nSPS) is 19.5. The first kappa shape index (κ1) is 34.9.